The monoisotopic (exact) mass is 439 g/mol. The van der Waals surface area contributed by atoms with Gasteiger partial charge < -0.3 is 20.8 Å². The number of aromatic nitrogens is 1. The summed E-state index contributed by atoms with van der Waals surface area (Å²) in [6.07, 6.45) is 0.318. The van der Waals surface area contributed by atoms with E-state index in [1.807, 2.05) is 36.4 Å². The van der Waals surface area contributed by atoms with Crippen LogP contribution in [0, 0.1) is 0 Å². The van der Waals surface area contributed by atoms with Crippen LogP contribution < -0.4 is 10.6 Å². The molecule has 0 aliphatic heterocycles. The first-order valence-corrected chi connectivity index (χ1v) is 10.0. The number of halogens is 1. The molecule has 7 nitrogen and oxygen atoms in total. The fraction of sp³-hybridized carbons (Fsp3) is 0.174. The third kappa shape index (κ3) is 6.36. The van der Waals surface area contributed by atoms with Crippen molar-refractivity contribution in [2.24, 2.45) is 0 Å². The zero-order chi connectivity index (χ0) is 22.2. The molecule has 1 atom stereocenters. The normalized spacial score (nSPS) is 11.7. The Morgan fingerprint density at radius 2 is 1.81 bits per heavy atom. The fourth-order valence-corrected chi connectivity index (χ4v) is 3.31. The van der Waals surface area contributed by atoms with Gasteiger partial charge in [0.2, 0.25) is 0 Å². The molecular formula is C23H22ClN3O4. The van der Waals surface area contributed by atoms with Crippen LogP contribution in [0.25, 0.3) is 11.1 Å². The number of nitrogens with one attached hydrogen (secondary N) is 2. The van der Waals surface area contributed by atoms with Gasteiger partial charge in [0.15, 0.2) is 0 Å². The summed E-state index contributed by atoms with van der Waals surface area (Å²) in [6, 6.07) is 18.3. The number of amides is 1. The number of hydrogen-bond donors (Lipinski definition) is 4. The minimum Gasteiger partial charge on any atom is -0.481 e. The summed E-state index contributed by atoms with van der Waals surface area (Å²) < 4.78 is 0. The van der Waals surface area contributed by atoms with Gasteiger partial charge in [0, 0.05) is 24.8 Å². The van der Waals surface area contributed by atoms with Crippen molar-refractivity contribution in [1.82, 2.24) is 10.3 Å². The van der Waals surface area contributed by atoms with Crippen molar-refractivity contribution in [3.63, 3.8) is 0 Å². The van der Waals surface area contributed by atoms with E-state index in [-0.39, 0.29) is 18.9 Å². The molecule has 0 saturated heterocycles. The first-order chi connectivity index (χ1) is 14.9. The lowest BCUT2D eigenvalue weighted by Gasteiger charge is -2.11. The maximum absolute atomic E-state index is 12.7. The van der Waals surface area contributed by atoms with E-state index in [9.17, 15) is 14.7 Å². The predicted octanol–water partition coefficient (Wildman–Crippen LogP) is 3.58. The lowest BCUT2D eigenvalue weighted by atomic mass is 10.0. The topological polar surface area (TPSA) is 112 Å². The molecule has 0 spiro atoms. The second-order valence-corrected chi connectivity index (χ2v) is 7.30. The molecule has 0 aliphatic carbocycles. The van der Waals surface area contributed by atoms with Crippen LogP contribution in [0.4, 0.5) is 5.82 Å². The Hall–Kier alpha value is -3.26. The molecule has 3 aromatic rings. The summed E-state index contributed by atoms with van der Waals surface area (Å²) in [6.45, 7) is 0.559. The number of pyridine rings is 1. The van der Waals surface area contributed by atoms with Gasteiger partial charge in [-0.3, -0.25) is 9.59 Å². The Balaban J connectivity index is 1.61. The molecule has 3 rings (SSSR count). The Bertz CT molecular complexity index is 1040. The lowest BCUT2D eigenvalue weighted by molar-refractivity contribution is -0.139. The number of rotatable bonds is 9. The van der Waals surface area contributed by atoms with Gasteiger partial charge in [0.1, 0.15) is 5.82 Å². The standard InChI is InChI=1S/C23H22ClN3O4/c24-22-18(16-5-2-1-3-6-16)7-4-8-19(22)23(31)27-20-10-9-15(13-26-20)12-25-14-17(28)11-21(29)30/h1-10,13,17,25,28H,11-12,14H2,(H,29,30)(H,26,27,31)/t17-/m1/s1. The summed E-state index contributed by atoms with van der Waals surface area (Å²) in [7, 11) is 0. The molecular weight excluding hydrogens is 418 g/mol. The Morgan fingerprint density at radius 3 is 2.48 bits per heavy atom. The molecule has 4 N–H and O–H groups in total. The van der Waals surface area contributed by atoms with Crippen LogP contribution in [0.3, 0.4) is 0 Å². The number of carboxylic acid groups (broad SMARTS) is 1. The van der Waals surface area contributed by atoms with Gasteiger partial charge in [-0.1, -0.05) is 60.1 Å². The highest BCUT2D eigenvalue weighted by Gasteiger charge is 2.15. The summed E-state index contributed by atoms with van der Waals surface area (Å²) >= 11 is 6.50. The van der Waals surface area contributed by atoms with E-state index in [0.717, 1.165) is 16.7 Å². The van der Waals surface area contributed by atoms with E-state index < -0.39 is 12.1 Å². The molecule has 0 radical (unpaired) electrons. The minimum absolute atomic E-state index is 0.154. The second-order valence-electron chi connectivity index (χ2n) is 6.92. The number of carbonyl (C=O) groups is 2. The van der Waals surface area contributed by atoms with Crippen molar-refractivity contribution in [1.29, 1.82) is 0 Å². The summed E-state index contributed by atoms with van der Waals surface area (Å²) in [5.74, 6) is -1.04. The van der Waals surface area contributed by atoms with Gasteiger partial charge in [0.05, 0.1) is 23.1 Å². The number of carboxylic acids is 1. The number of anilines is 1. The number of aliphatic carboxylic acids is 1. The highest BCUT2D eigenvalue weighted by Crippen LogP contribution is 2.30. The highest BCUT2D eigenvalue weighted by molar-refractivity contribution is 6.37. The van der Waals surface area contributed by atoms with Crippen molar-refractivity contribution >= 4 is 29.3 Å². The second kappa shape index (κ2) is 10.7. The molecule has 0 fully saturated rings. The van der Waals surface area contributed by atoms with E-state index >= 15 is 0 Å². The molecule has 0 bridgehead atoms. The van der Waals surface area contributed by atoms with Gasteiger partial charge in [-0.05, 0) is 23.3 Å². The molecule has 1 amide bonds. The molecule has 160 valence electrons. The number of aliphatic hydroxyl groups is 1. The van der Waals surface area contributed by atoms with Crippen LogP contribution in [0.1, 0.15) is 22.3 Å². The molecule has 1 aromatic heterocycles. The van der Waals surface area contributed by atoms with E-state index in [1.165, 1.54) is 0 Å². The van der Waals surface area contributed by atoms with Gasteiger partial charge in [-0.15, -0.1) is 0 Å². The van der Waals surface area contributed by atoms with Crippen LogP contribution in [0.15, 0.2) is 66.9 Å². The molecule has 0 saturated carbocycles. The number of carbonyl (C=O) groups excluding carboxylic acids is 1. The maximum atomic E-state index is 12.7. The van der Waals surface area contributed by atoms with Gasteiger partial charge in [-0.2, -0.15) is 0 Å². The minimum atomic E-state index is -1.05. The zero-order valence-corrected chi connectivity index (χ0v) is 17.3. The summed E-state index contributed by atoms with van der Waals surface area (Å²) in [5, 5.41) is 24.3. The first-order valence-electron chi connectivity index (χ1n) is 9.65. The summed E-state index contributed by atoms with van der Waals surface area (Å²) in [4.78, 5) is 27.5. The quantitative estimate of drug-likeness (QED) is 0.405. The smallest absolute Gasteiger partial charge is 0.306 e. The third-order valence-electron chi connectivity index (χ3n) is 4.51. The Kier molecular flexibility index (Phi) is 7.72. The van der Waals surface area contributed by atoms with Crippen LogP contribution in [-0.4, -0.2) is 39.7 Å². The van der Waals surface area contributed by atoms with E-state index in [1.54, 1.807) is 30.5 Å². The highest BCUT2D eigenvalue weighted by atomic mass is 35.5. The lowest BCUT2D eigenvalue weighted by Crippen LogP contribution is -2.28. The average Bonchev–Trinajstić information content (AvgIpc) is 2.75. The predicted molar refractivity (Wildman–Crippen MR) is 119 cm³/mol. The average molecular weight is 440 g/mol. The van der Waals surface area contributed by atoms with E-state index in [0.29, 0.717) is 22.9 Å². The van der Waals surface area contributed by atoms with Crippen LogP contribution in [-0.2, 0) is 11.3 Å². The van der Waals surface area contributed by atoms with Crippen molar-refractivity contribution in [2.45, 2.75) is 19.1 Å². The number of aliphatic hydroxyl groups excluding tert-OH is 1. The number of benzene rings is 2. The van der Waals surface area contributed by atoms with Crippen LogP contribution in [0.5, 0.6) is 0 Å². The van der Waals surface area contributed by atoms with Gasteiger partial charge in [0.25, 0.3) is 5.91 Å². The van der Waals surface area contributed by atoms with Crippen molar-refractivity contribution in [3.05, 3.63) is 83.0 Å². The number of hydrogen-bond acceptors (Lipinski definition) is 5. The largest absolute Gasteiger partial charge is 0.481 e. The molecule has 0 unspecified atom stereocenters. The molecule has 1 heterocycles. The van der Waals surface area contributed by atoms with Crippen LogP contribution in [0.2, 0.25) is 5.02 Å². The van der Waals surface area contributed by atoms with Crippen LogP contribution >= 0.6 is 11.6 Å². The SMILES string of the molecule is O=C(O)C[C@@H](O)CNCc1ccc(NC(=O)c2cccc(-c3ccccc3)c2Cl)nc1. The van der Waals surface area contributed by atoms with Gasteiger partial charge in [-0.25, -0.2) is 4.98 Å². The van der Waals surface area contributed by atoms with Crippen molar-refractivity contribution < 1.29 is 19.8 Å². The first kappa shape index (κ1) is 22.4. The molecule has 0 aliphatic rings. The van der Waals surface area contributed by atoms with Gasteiger partial charge >= 0.3 is 5.97 Å². The number of nitrogens with zero attached hydrogens (tertiary/aromatic N) is 1. The third-order valence-corrected chi connectivity index (χ3v) is 4.92. The summed E-state index contributed by atoms with van der Waals surface area (Å²) in [5.41, 5.74) is 2.87. The van der Waals surface area contributed by atoms with Crippen molar-refractivity contribution in [2.75, 3.05) is 11.9 Å². The molecule has 31 heavy (non-hydrogen) atoms. The molecule has 8 heteroatoms. The van der Waals surface area contributed by atoms with E-state index in [4.69, 9.17) is 16.7 Å². The van der Waals surface area contributed by atoms with Crippen molar-refractivity contribution in [3.8, 4) is 11.1 Å². The fourth-order valence-electron chi connectivity index (χ4n) is 2.99. The Morgan fingerprint density at radius 1 is 1.03 bits per heavy atom. The van der Waals surface area contributed by atoms with E-state index in [2.05, 4.69) is 15.6 Å². The zero-order valence-electron chi connectivity index (χ0n) is 16.6. The Labute approximate surface area is 184 Å². The maximum Gasteiger partial charge on any atom is 0.306 e. The molecule has 2 aromatic carbocycles.